The summed E-state index contributed by atoms with van der Waals surface area (Å²) in [6, 6.07) is 1.69. The standard InChI is InChI=1S/C12H13ClN2O3S/c13-3-1-10-14-11-8(5-9(19-11)12(16)17)15(10)6-7-2-4-18-7/h5,7H,1-4,6H2,(H,16,17). The number of halogens is 1. The lowest BCUT2D eigenvalue weighted by atomic mass is 10.2. The number of carboxylic acids is 1. The van der Waals surface area contributed by atoms with Crippen molar-refractivity contribution in [2.45, 2.75) is 25.5 Å². The Bertz CT molecular complexity index is 618. The molecule has 1 atom stereocenters. The molecule has 1 unspecified atom stereocenters. The maximum atomic E-state index is 11.0. The highest BCUT2D eigenvalue weighted by atomic mass is 35.5. The predicted molar refractivity (Wildman–Crippen MR) is 73.4 cm³/mol. The fraction of sp³-hybridized carbons (Fsp3) is 0.500. The van der Waals surface area contributed by atoms with E-state index in [1.807, 2.05) is 4.57 Å². The van der Waals surface area contributed by atoms with E-state index in [1.165, 1.54) is 11.3 Å². The molecular formula is C12H13ClN2O3S. The van der Waals surface area contributed by atoms with Gasteiger partial charge >= 0.3 is 5.97 Å². The average molecular weight is 301 g/mol. The highest BCUT2D eigenvalue weighted by Gasteiger charge is 2.23. The molecule has 102 valence electrons. The van der Waals surface area contributed by atoms with E-state index in [-0.39, 0.29) is 6.10 Å². The fourth-order valence-electron chi connectivity index (χ4n) is 2.18. The summed E-state index contributed by atoms with van der Waals surface area (Å²) in [4.78, 5) is 16.6. The molecule has 0 aromatic carbocycles. The molecule has 1 aliphatic rings. The zero-order valence-corrected chi connectivity index (χ0v) is 11.7. The van der Waals surface area contributed by atoms with Gasteiger partial charge in [-0.15, -0.1) is 22.9 Å². The third-order valence-corrected chi connectivity index (χ3v) is 4.43. The molecule has 3 heterocycles. The van der Waals surface area contributed by atoms with Crippen LogP contribution in [0.4, 0.5) is 0 Å². The minimum absolute atomic E-state index is 0.208. The van der Waals surface area contributed by atoms with Gasteiger partial charge in [0.1, 0.15) is 15.5 Å². The van der Waals surface area contributed by atoms with E-state index >= 15 is 0 Å². The summed E-state index contributed by atoms with van der Waals surface area (Å²) in [7, 11) is 0. The monoisotopic (exact) mass is 300 g/mol. The first-order valence-electron chi connectivity index (χ1n) is 6.09. The SMILES string of the molecule is O=C(O)c1cc2c(nc(CCCl)n2CC2CCO2)s1. The van der Waals surface area contributed by atoms with Crippen LogP contribution < -0.4 is 0 Å². The molecule has 1 N–H and O–H groups in total. The molecule has 1 saturated heterocycles. The van der Waals surface area contributed by atoms with Crippen LogP contribution in [0.2, 0.25) is 0 Å². The van der Waals surface area contributed by atoms with E-state index in [4.69, 9.17) is 21.4 Å². The van der Waals surface area contributed by atoms with Crippen molar-refractivity contribution in [3.8, 4) is 0 Å². The normalized spacial score (nSPS) is 18.7. The molecular weight excluding hydrogens is 288 g/mol. The summed E-state index contributed by atoms with van der Waals surface area (Å²) in [5.74, 6) is 0.499. The van der Waals surface area contributed by atoms with Gasteiger partial charge in [-0.05, 0) is 12.5 Å². The van der Waals surface area contributed by atoms with Gasteiger partial charge in [-0.2, -0.15) is 0 Å². The van der Waals surface area contributed by atoms with Crippen molar-refractivity contribution in [3.05, 3.63) is 16.8 Å². The van der Waals surface area contributed by atoms with Gasteiger partial charge in [0.25, 0.3) is 0 Å². The Balaban J connectivity index is 2.00. The maximum absolute atomic E-state index is 11.0. The van der Waals surface area contributed by atoms with Gasteiger partial charge in [0, 0.05) is 18.9 Å². The number of aryl methyl sites for hydroxylation is 1. The number of alkyl halides is 1. The number of hydrogen-bond donors (Lipinski definition) is 1. The number of fused-ring (bicyclic) bond motifs is 1. The van der Waals surface area contributed by atoms with Crippen LogP contribution in [-0.4, -0.2) is 39.2 Å². The number of imidazole rings is 1. The second-order valence-electron chi connectivity index (χ2n) is 4.47. The number of hydrogen-bond acceptors (Lipinski definition) is 4. The second-order valence-corrected chi connectivity index (χ2v) is 5.87. The quantitative estimate of drug-likeness (QED) is 0.861. The summed E-state index contributed by atoms with van der Waals surface area (Å²) >= 11 is 7.00. The lowest BCUT2D eigenvalue weighted by Crippen LogP contribution is -2.31. The van der Waals surface area contributed by atoms with Gasteiger partial charge in [0.2, 0.25) is 0 Å². The van der Waals surface area contributed by atoms with Crippen molar-refractivity contribution in [3.63, 3.8) is 0 Å². The summed E-state index contributed by atoms with van der Waals surface area (Å²) < 4.78 is 7.49. The topological polar surface area (TPSA) is 64.3 Å². The van der Waals surface area contributed by atoms with E-state index in [1.54, 1.807) is 6.07 Å². The van der Waals surface area contributed by atoms with Gasteiger partial charge in [-0.3, -0.25) is 0 Å². The van der Waals surface area contributed by atoms with Crippen LogP contribution in [0.3, 0.4) is 0 Å². The van der Waals surface area contributed by atoms with Crippen molar-refractivity contribution >= 4 is 39.3 Å². The van der Waals surface area contributed by atoms with Crippen LogP contribution in [0.5, 0.6) is 0 Å². The molecule has 1 fully saturated rings. The fourth-order valence-corrected chi connectivity index (χ4v) is 3.24. The van der Waals surface area contributed by atoms with Crippen molar-refractivity contribution < 1.29 is 14.6 Å². The Morgan fingerprint density at radius 3 is 3.05 bits per heavy atom. The van der Waals surface area contributed by atoms with E-state index in [9.17, 15) is 4.79 Å². The van der Waals surface area contributed by atoms with Crippen LogP contribution >= 0.6 is 22.9 Å². The Hall–Kier alpha value is -1.11. The Labute approximate surface area is 118 Å². The number of aromatic carboxylic acids is 1. The number of thiophene rings is 1. The zero-order valence-electron chi connectivity index (χ0n) is 10.1. The summed E-state index contributed by atoms with van der Waals surface area (Å²) in [6.07, 6.45) is 1.92. The molecule has 0 radical (unpaired) electrons. The summed E-state index contributed by atoms with van der Waals surface area (Å²) in [5, 5.41) is 9.03. The van der Waals surface area contributed by atoms with E-state index < -0.39 is 5.97 Å². The number of aromatic nitrogens is 2. The van der Waals surface area contributed by atoms with Gasteiger partial charge in [0.15, 0.2) is 0 Å². The van der Waals surface area contributed by atoms with Crippen LogP contribution in [0.15, 0.2) is 6.07 Å². The Morgan fingerprint density at radius 1 is 1.68 bits per heavy atom. The first-order valence-corrected chi connectivity index (χ1v) is 7.44. The van der Waals surface area contributed by atoms with Crippen LogP contribution in [0, 0.1) is 0 Å². The highest BCUT2D eigenvalue weighted by Crippen LogP contribution is 2.28. The molecule has 7 heteroatoms. The first kappa shape index (κ1) is 12.9. The molecule has 1 aliphatic heterocycles. The molecule has 5 nitrogen and oxygen atoms in total. The molecule has 0 spiro atoms. The number of nitrogens with zero attached hydrogens (tertiary/aromatic N) is 2. The van der Waals surface area contributed by atoms with Gasteiger partial charge in [-0.1, -0.05) is 0 Å². The third-order valence-electron chi connectivity index (χ3n) is 3.24. The lowest BCUT2D eigenvalue weighted by Gasteiger charge is -2.27. The molecule has 0 bridgehead atoms. The second kappa shape index (κ2) is 5.11. The minimum atomic E-state index is -0.909. The van der Waals surface area contributed by atoms with Gasteiger partial charge < -0.3 is 14.4 Å². The summed E-state index contributed by atoms with van der Waals surface area (Å²) in [6.45, 7) is 1.52. The first-order chi connectivity index (χ1) is 9.19. The molecule has 0 saturated carbocycles. The number of ether oxygens (including phenoxy) is 1. The highest BCUT2D eigenvalue weighted by molar-refractivity contribution is 7.20. The molecule has 19 heavy (non-hydrogen) atoms. The molecule has 2 aromatic rings. The van der Waals surface area contributed by atoms with Crippen molar-refractivity contribution in [2.75, 3.05) is 12.5 Å². The zero-order chi connectivity index (χ0) is 13.4. The van der Waals surface area contributed by atoms with Crippen molar-refractivity contribution in [1.29, 1.82) is 0 Å². The predicted octanol–water partition coefficient (Wildman–Crippen LogP) is 2.37. The number of rotatable bonds is 5. The largest absolute Gasteiger partial charge is 0.477 e. The van der Waals surface area contributed by atoms with E-state index in [0.29, 0.717) is 17.2 Å². The Morgan fingerprint density at radius 2 is 2.47 bits per heavy atom. The molecule has 3 rings (SSSR count). The molecule has 0 amide bonds. The van der Waals surface area contributed by atoms with Crippen molar-refractivity contribution in [1.82, 2.24) is 9.55 Å². The number of carbonyl (C=O) groups is 1. The van der Waals surface area contributed by atoms with Crippen molar-refractivity contribution in [2.24, 2.45) is 0 Å². The van der Waals surface area contributed by atoms with E-state index in [0.717, 1.165) is 35.7 Å². The maximum Gasteiger partial charge on any atom is 0.346 e. The van der Waals surface area contributed by atoms with Gasteiger partial charge in [-0.25, -0.2) is 9.78 Å². The molecule has 0 aliphatic carbocycles. The van der Waals surface area contributed by atoms with Crippen LogP contribution in [-0.2, 0) is 17.7 Å². The van der Waals surface area contributed by atoms with Crippen LogP contribution in [0.1, 0.15) is 21.9 Å². The van der Waals surface area contributed by atoms with E-state index in [2.05, 4.69) is 4.98 Å². The number of carboxylic acid groups (broad SMARTS) is 1. The average Bonchev–Trinajstić information content (AvgIpc) is 2.82. The van der Waals surface area contributed by atoms with Crippen LogP contribution in [0.25, 0.3) is 10.3 Å². The van der Waals surface area contributed by atoms with Gasteiger partial charge in [0.05, 0.1) is 18.2 Å². The Kier molecular flexibility index (Phi) is 3.47. The third kappa shape index (κ3) is 2.35. The lowest BCUT2D eigenvalue weighted by molar-refractivity contribution is -0.0589. The minimum Gasteiger partial charge on any atom is -0.477 e. The smallest absolute Gasteiger partial charge is 0.346 e. The molecule has 2 aromatic heterocycles. The summed E-state index contributed by atoms with van der Waals surface area (Å²) in [5.41, 5.74) is 0.873.